The number of benzene rings is 3. The summed E-state index contributed by atoms with van der Waals surface area (Å²) < 4.78 is 43.3. The van der Waals surface area contributed by atoms with E-state index < -0.39 is 17.5 Å². The Labute approximate surface area is 158 Å². The minimum Gasteiger partial charge on any atom is -0.206 e. The molecule has 140 valence electrons. The summed E-state index contributed by atoms with van der Waals surface area (Å²) in [4.78, 5) is 0. The summed E-state index contributed by atoms with van der Waals surface area (Å²) in [5.41, 5.74) is 3.19. The van der Waals surface area contributed by atoms with Crippen LogP contribution in [0.15, 0.2) is 54.6 Å². The zero-order valence-electron chi connectivity index (χ0n) is 15.7. The van der Waals surface area contributed by atoms with Gasteiger partial charge in [-0.2, -0.15) is 0 Å². The van der Waals surface area contributed by atoms with Crippen LogP contribution in [0, 0.1) is 17.5 Å². The second kappa shape index (κ2) is 8.43. The van der Waals surface area contributed by atoms with Gasteiger partial charge in [0.1, 0.15) is 5.82 Å². The Morgan fingerprint density at radius 2 is 1.26 bits per heavy atom. The fraction of sp³-hybridized carbons (Fsp3) is 0.250. The smallest absolute Gasteiger partial charge is 0.166 e. The summed E-state index contributed by atoms with van der Waals surface area (Å²) in [7, 11) is 0. The summed E-state index contributed by atoms with van der Waals surface area (Å²) in [6, 6.07) is 15.4. The Morgan fingerprint density at radius 1 is 0.630 bits per heavy atom. The van der Waals surface area contributed by atoms with Crippen molar-refractivity contribution in [3.8, 4) is 22.3 Å². The summed E-state index contributed by atoms with van der Waals surface area (Å²) in [6.45, 7) is 4.03. The molecule has 0 amide bonds. The van der Waals surface area contributed by atoms with Crippen molar-refractivity contribution in [3.05, 3.63) is 83.2 Å². The van der Waals surface area contributed by atoms with E-state index in [-0.39, 0.29) is 5.56 Å². The summed E-state index contributed by atoms with van der Waals surface area (Å²) in [5, 5.41) is 0. The lowest BCUT2D eigenvalue weighted by atomic mass is 9.97. The van der Waals surface area contributed by atoms with Gasteiger partial charge in [-0.05, 0) is 41.2 Å². The zero-order valence-corrected chi connectivity index (χ0v) is 15.7. The fourth-order valence-electron chi connectivity index (χ4n) is 3.33. The highest BCUT2D eigenvalue weighted by Gasteiger charge is 2.16. The molecule has 27 heavy (non-hydrogen) atoms. The van der Waals surface area contributed by atoms with Crippen LogP contribution in [0.4, 0.5) is 13.2 Å². The van der Waals surface area contributed by atoms with Gasteiger partial charge in [0.2, 0.25) is 0 Å². The van der Waals surface area contributed by atoms with Gasteiger partial charge >= 0.3 is 0 Å². The van der Waals surface area contributed by atoms with Crippen molar-refractivity contribution in [1.82, 2.24) is 0 Å². The molecule has 0 heterocycles. The van der Waals surface area contributed by atoms with Crippen LogP contribution < -0.4 is 0 Å². The molecule has 0 unspecified atom stereocenters. The van der Waals surface area contributed by atoms with Crippen LogP contribution in [-0.4, -0.2) is 0 Å². The molecule has 0 aliphatic carbocycles. The van der Waals surface area contributed by atoms with Crippen molar-refractivity contribution in [2.24, 2.45) is 0 Å². The highest BCUT2D eigenvalue weighted by Crippen LogP contribution is 2.31. The third-order valence-electron chi connectivity index (χ3n) is 4.77. The molecule has 0 bridgehead atoms. The van der Waals surface area contributed by atoms with Crippen molar-refractivity contribution in [3.63, 3.8) is 0 Å². The fourth-order valence-corrected chi connectivity index (χ4v) is 3.33. The molecule has 3 aromatic rings. The van der Waals surface area contributed by atoms with Crippen LogP contribution >= 0.6 is 0 Å². The molecule has 0 saturated heterocycles. The second-order valence-electron chi connectivity index (χ2n) is 6.79. The average Bonchev–Trinajstić information content (AvgIpc) is 2.67. The monoisotopic (exact) mass is 368 g/mol. The number of aryl methyl sites for hydroxylation is 2. The standard InChI is InChI=1S/C24H23F3/c1-3-5-16-7-9-17(10-8-16)20-13-12-19(15-22(20)25)21-14-11-18(6-4-2)23(26)24(21)27/h7-15H,3-6H2,1-2H3. The van der Waals surface area contributed by atoms with Crippen LogP contribution in [0.5, 0.6) is 0 Å². The number of halogens is 3. The van der Waals surface area contributed by atoms with Gasteiger partial charge in [0.05, 0.1) is 0 Å². The highest BCUT2D eigenvalue weighted by atomic mass is 19.2. The normalized spacial score (nSPS) is 11.0. The molecule has 3 aromatic carbocycles. The molecule has 0 atom stereocenters. The maximum absolute atomic E-state index is 14.7. The lowest BCUT2D eigenvalue weighted by Crippen LogP contribution is -1.97. The molecule has 0 nitrogen and oxygen atoms in total. The number of rotatable bonds is 6. The molecule has 0 saturated carbocycles. The molecule has 0 radical (unpaired) electrons. The Morgan fingerprint density at radius 3 is 1.89 bits per heavy atom. The van der Waals surface area contributed by atoms with Crippen LogP contribution in [0.3, 0.4) is 0 Å². The maximum atomic E-state index is 14.7. The van der Waals surface area contributed by atoms with E-state index in [0.29, 0.717) is 23.1 Å². The van der Waals surface area contributed by atoms with Crippen molar-refractivity contribution in [2.75, 3.05) is 0 Å². The van der Waals surface area contributed by atoms with Gasteiger partial charge in [0, 0.05) is 11.1 Å². The predicted octanol–water partition coefficient (Wildman–Crippen LogP) is 7.34. The van der Waals surface area contributed by atoms with E-state index in [4.69, 9.17) is 0 Å². The van der Waals surface area contributed by atoms with Gasteiger partial charge in [-0.25, -0.2) is 13.2 Å². The van der Waals surface area contributed by atoms with Gasteiger partial charge < -0.3 is 0 Å². The molecule has 0 fully saturated rings. The Kier molecular flexibility index (Phi) is 6.00. The van der Waals surface area contributed by atoms with Crippen molar-refractivity contribution >= 4 is 0 Å². The van der Waals surface area contributed by atoms with Gasteiger partial charge in [-0.3, -0.25) is 0 Å². The van der Waals surface area contributed by atoms with Crippen LogP contribution in [0.2, 0.25) is 0 Å². The molecule has 0 aliphatic rings. The minimum atomic E-state index is -0.919. The maximum Gasteiger partial charge on any atom is 0.166 e. The molecule has 3 rings (SSSR count). The molecular formula is C24H23F3. The van der Waals surface area contributed by atoms with Crippen molar-refractivity contribution < 1.29 is 13.2 Å². The van der Waals surface area contributed by atoms with E-state index >= 15 is 0 Å². The first-order chi connectivity index (χ1) is 13.0. The van der Waals surface area contributed by atoms with E-state index in [1.165, 1.54) is 17.7 Å². The molecule has 0 N–H and O–H groups in total. The van der Waals surface area contributed by atoms with Gasteiger partial charge in [0.15, 0.2) is 11.6 Å². The Hall–Kier alpha value is -2.55. The molecule has 0 spiro atoms. The van der Waals surface area contributed by atoms with Crippen molar-refractivity contribution in [1.29, 1.82) is 0 Å². The van der Waals surface area contributed by atoms with E-state index in [9.17, 15) is 13.2 Å². The van der Waals surface area contributed by atoms with E-state index in [1.807, 2.05) is 31.2 Å². The topological polar surface area (TPSA) is 0 Å². The Balaban J connectivity index is 1.94. The molecule has 0 aromatic heterocycles. The quantitative estimate of drug-likeness (QED) is 0.427. The van der Waals surface area contributed by atoms with E-state index in [1.54, 1.807) is 18.2 Å². The first-order valence-electron chi connectivity index (χ1n) is 9.41. The van der Waals surface area contributed by atoms with Crippen LogP contribution in [0.25, 0.3) is 22.3 Å². The van der Waals surface area contributed by atoms with Crippen molar-refractivity contribution in [2.45, 2.75) is 39.5 Å². The van der Waals surface area contributed by atoms with Crippen LogP contribution in [0.1, 0.15) is 37.8 Å². The Bertz CT molecular complexity index is 927. The molecule has 0 aliphatic heterocycles. The summed E-state index contributed by atoms with van der Waals surface area (Å²) in [6.07, 6.45) is 3.25. The van der Waals surface area contributed by atoms with Gasteiger partial charge in [-0.1, -0.05) is 75.2 Å². The first kappa shape index (κ1) is 19.2. The average molecular weight is 368 g/mol. The number of hydrogen-bond donors (Lipinski definition) is 0. The van der Waals surface area contributed by atoms with E-state index in [2.05, 4.69) is 6.92 Å². The highest BCUT2D eigenvalue weighted by molar-refractivity contribution is 5.71. The van der Waals surface area contributed by atoms with Gasteiger partial charge in [0.25, 0.3) is 0 Å². The second-order valence-corrected chi connectivity index (χ2v) is 6.79. The zero-order chi connectivity index (χ0) is 19.4. The third kappa shape index (κ3) is 4.08. The first-order valence-corrected chi connectivity index (χ1v) is 9.41. The number of hydrogen-bond acceptors (Lipinski definition) is 0. The predicted molar refractivity (Wildman–Crippen MR) is 105 cm³/mol. The van der Waals surface area contributed by atoms with E-state index in [0.717, 1.165) is 24.8 Å². The van der Waals surface area contributed by atoms with Crippen LogP contribution in [-0.2, 0) is 12.8 Å². The largest absolute Gasteiger partial charge is 0.206 e. The molecular weight excluding hydrogens is 345 g/mol. The van der Waals surface area contributed by atoms with Gasteiger partial charge in [-0.15, -0.1) is 0 Å². The summed E-state index contributed by atoms with van der Waals surface area (Å²) in [5.74, 6) is -2.21. The summed E-state index contributed by atoms with van der Waals surface area (Å²) >= 11 is 0. The minimum absolute atomic E-state index is 0.0797. The SMILES string of the molecule is CCCc1ccc(-c2ccc(-c3ccc(CCC)c(F)c3F)cc2F)cc1. The third-order valence-corrected chi connectivity index (χ3v) is 4.77. The lowest BCUT2D eigenvalue weighted by molar-refractivity contribution is 0.500. The lowest BCUT2D eigenvalue weighted by Gasteiger charge is -2.10. The molecule has 3 heteroatoms.